The number of aromatic nitrogens is 1. The summed E-state index contributed by atoms with van der Waals surface area (Å²) in [4.78, 5) is 28.0. The lowest BCUT2D eigenvalue weighted by molar-refractivity contribution is -0.156. The molecule has 2 aliphatic heterocycles. The molecule has 2 amide bonds. The number of anilines is 1. The quantitative estimate of drug-likeness (QED) is 0.474. The van der Waals surface area contributed by atoms with Crippen molar-refractivity contribution in [2.24, 2.45) is 12.0 Å². The molecule has 0 spiro atoms. The molecule has 0 saturated heterocycles. The number of alkyl halides is 2. The molecule has 2 aliphatic rings. The lowest BCUT2D eigenvalue weighted by atomic mass is 10.0. The zero-order chi connectivity index (χ0) is 25.4. The normalized spacial score (nSPS) is 17.7. The molecule has 2 N–H and O–H groups in total. The van der Waals surface area contributed by atoms with Crippen molar-refractivity contribution in [2.45, 2.75) is 44.7 Å². The molecular formula is C26H33F2N5O2. The molecule has 2 bridgehead atoms. The highest BCUT2D eigenvalue weighted by atomic mass is 19.3. The molecule has 1 unspecified atom stereocenters. The van der Waals surface area contributed by atoms with Crippen LogP contribution in [-0.4, -0.2) is 59.7 Å². The van der Waals surface area contributed by atoms with Crippen molar-refractivity contribution in [1.29, 1.82) is 0 Å². The van der Waals surface area contributed by atoms with Crippen LogP contribution < -0.4 is 10.6 Å². The number of allylic oxidation sites excluding steroid dienone is 3. The Morgan fingerprint density at radius 3 is 2.77 bits per heavy atom. The first kappa shape index (κ1) is 26.1. The van der Waals surface area contributed by atoms with Crippen LogP contribution in [0.25, 0.3) is 10.9 Å². The second kappa shape index (κ2) is 11.8. The average molecular weight is 486 g/mol. The molecule has 1 atom stereocenters. The Kier molecular flexibility index (Phi) is 8.78. The minimum Gasteiger partial charge on any atom is -0.388 e. The van der Waals surface area contributed by atoms with Crippen LogP contribution in [0.1, 0.15) is 32.6 Å². The minimum absolute atomic E-state index is 0.264. The smallest absolute Gasteiger partial charge is 0.322 e. The SMILES string of the molecule is CC(F)(F)C(=O)N1CCCCC2=CC1N=C(CCNC=O)C=C2.CNc1ccc2c(ccn2C)c1. The van der Waals surface area contributed by atoms with Gasteiger partial charge in [-0.3, -0.25) is 14.6 Å². The number of fused-ring (bicyclic) bond motifs is 2. The third kappa shape index (κ3) is 7.00. The van der Waals surface area contributed by atoms with E-state index >= 15 is 0 Å². The number of carbonyl (C=O) groups is 2. The Bertz CT molecular complexity index is 1130. The topological polar surface area (TPSA) is 78.7 Å². The van der Waals surface area contributed by atoms with E-state index < -0.39 is 18.0 Å². The van der Waals surface area contributed by atoms with Crippen molar-refractivity contribution < 1.29 is 18.4 Å². The third-order valence-corrected chi connectivity index (χ3v) is 6.00. The highest BCUT2D eigenvalue weighted by Crippen LogP contribution is 2.25. The summed E-state index contributed by atoms with van der Waals surface area (Å²) in [6.45, 7) is 1.29. The van der Waals surface area contributed by atoms with Crippen molar-refractivity contribution in [3.63, 3.8) is 0 Å². The van der Waals surface area contributed by atoms with Crippen LogP contribution in [0.2, 0.25) is 0 Å². The zero-order valence-electron chi connectivity index (χ0n) is 20.4. The first-order chi connectivity index (χ1) is 16.7. The summed E-state index contributed by atoms with van der Waals surface area (Å²) in [5.41, 5.74) is 4.10. The van der Waals surface area contributed by atoms with Crippen LogP contribution in [-0.2, 0) is 16.6 Å². The van der Waals surface area contributed by atoms with Crippen molar-refractivity contribution in [3.05, 3.63) is 54.3 Å². The maximum Gasteiger partial charge on any atom is 0.322 e. The van der Waals surface area contributed by atoms with E-state index in [4.69, 9.17) is 0 Å². The van der Waals surface area contributed by atoms with Crippen LogP contribution in [0.4, 0.5) is 14.5 Å². The third-order valence-electron chi connectivity index (χ3n) is 6.00. The van der Waals surface area contributed by atoms with Gasteiger partial charge >= 0.3 is 5.92 Å². The number of nitrogens with zero attached hydrogens (tertiary/aromatic N) is 3. The van der Waals surface area contributed by atoms with Gasteiger partial charge in [0.25, 0.3) is 5.91 Å². The molecule has 0 aliphatic carbocycles. The van der Waals surface area contributed by atoms with Gasteiger partial charge in [-0.2, -0.15) is 8.78 Å². The van der Waals surface area contributed by atoms with Crippen LogP contribution in [0.3, 0.4) is 0 Å². The molecule has 1 aromatic carbocycles. The second-order valence-electron chi connectivity index (χ2n) is 8.73. The number of halogens is 2. The number of benzene rings is 1. The van der Waals surface area contributed by atoms with Crippen LogP contribution in [0, 0.1) is 0 Å². The number of rotatable bonds is 6. The van der Waals surface area contributed by atoms with Gasteiger partial charge in [-0.15, -0.1) is 0 Å². The zero-order valence-corrected chi connectivity index (χ0v) is 20.4. The monoisotopic (exact) mass is 485 g/mol. The van der Waals surface area contributed by atoms with E-state index in [0.717, 1.165) is 29.0 Å². The summed E-state index contributed by atoms with van der Waals surface area (Å²) in [6.07, 6.45) is 10.3. The van der Waals surface area contributed by atoms with Gasteiger partial charge in [-0.05, 0) is 61.3 Å². The summed E-state index contributed by atoms with van der Waals surface area (Å²) < 4.78 is 29.1. The predicted molar refractivity (Wildman–Crippen MR) is 136 cm³/mol. The van der Waals surface area contributed by atoms with E-state index in [1.165, 1.54) is 10.9 Å². The molecule has 2 aromatic rings. The molecule has 7 nitrogen and oxygen atoms in total. The molecule has 4 rings (SSSR count). The van der Waals surface area contributed by atoms with Crippen LogP contribution in [0.5, 0.6) is 0 Å². The number of aryl methyl sites for hydroxylation is 1. The van der Waals surface area contributed by atoms with Gasteiger partial charge < -0.3 is 20.1 Å². The fraction of sp³-hybridized carbons (Fsp3) is 0.423. The Labute approximate surface area is 204 Å². The van der Waals surface area contributed by atoms with Crippen molar-refractivity contribution in [1.82, 2.24) is 14.8 Å². The number of hydrogen-bond donors (Lipinski definition) is 2. The lowest BCUT2D eigenvalue weighted by Gasteiger charge is -2.31. The standard InChI is InChI=1S/C16H21F2N3O2.C10H12N2/c1-16(17,18)15(23)21-9-3-2-4-12-5-6-13(7-8-19-11-22)20-14(21)10-12;1-11-9-3-4-10-8(7-9)5-6-12(10)2/h5-6,10-11,14H,2-4,7-9H2,1H3,(H,19,22);3-7,11H,1-2H3. The average Bonchev–Trinajstić information content (AvgIpc) is 3.05. The molecule has 0 radical (unpaired) electrons. The second-order valence-corrected chi connectivity index (χ2v) is 8.73. The van der Waals surface area contributed by atoms with Crippen molar-refractivity contribution in [3.8, 4) is 0 Å². The Balaban J connectivity index is 0.000000237. The van der Waals surface area contributed by atoms with E-state index in [1.54, 1.807) is 6.08 Å². The highest BCUT2D eigenvalue weighted by Gasteiger charge is 2.39. The summed E-state index contributed by atoms with van der Waals surface area (Å²) >= 11 is 0. The predicted octanol–water partition coefficient (Wildman–Crippen LogP) is 4.27. The molecule has 0 fully saturated rings. The number of amides is 2. The number of aliphatic imine (C=N–C) groups is 1. The Hall–Kier alpha value is -3.49. The van der Waals surface area contributed by atoms with Crippen LogP contribution >= 0.6 is 0 Å². The first-order valence-corrected chi connectivity index (χ1v) is 11.8. The van der Waals surface area contributed by atoms with E-state index in [0.29, 0.717) is 38.4 Å². The van der Waals surface area contributed by atoms with Gasteiger partial charge in [-0.25, -0.2) is 0 Å². The van der Waals surface area contributed by atoms with Crippen molar-refractivity contribution >= 4 is 34.6 Å². The fourth-order valence-corrected chi connectivity index (χ4v) is 4.09. The molecule has 3 heterocycles. The summed E-state index contributed by atoms with van der Waals surface area (Å²) in [7, 11) is 3.99. The molecule has 1 aromatic heterocycles. The number of nitrogens with one attached hydrogen (secondary N) is 2. The molecule has 188 valence electrons. The van der Waals surface area contributed by atoms with E-state index in [2.05, 4.69) is 57.7 Å². The van der Waals surface area contributed by atoms with E-state index in [1.807, 2.05) is 19.2 Å². The van der Waals surface area contributed by atoms with Gasteiger partial charge in [0.1, 0.15) is 6.17 Å². The summed E-state index contributed by atoms with van der Waals surface area (Å²) in [6, 6.07) is 8.48. The minimum atomic E-state index is -3.41. The maximum atomic E-state index is 13.5. The Morgan fingerprint density at radius 2 is 2.06 bits per heavy atom. The summed E-state index contributed by atoms with van der Waals surface area (Å²) in [5.74, 6) is -4.61. The number of hydrogen-bond acceptors (Lipinski definition) is 4. The highest BCUT2D eigenvalue weighted by molar-refractivity contribution is 5.96. The molecule has 9 heteroatoms. The van der Waals surface area contributed by atoms with Gasteiger partial charge in [0.15, 0.2) is 0 Å². The largest absolute Gasteiger partial charge is 0.388 e. The van der Waals surface area contributed by atoms with Gasteiger partial charge in [0, 0.05) is 69.0 Å². The van der Waals surface area contributed by atoms with Gasteiger partial charge in [-0.1, -0.05) is 6.08 Å². The molecule has 0 saturated carbocycles. The Morgan fingerprint density at radius 1 is 1.26 bits per heavy atom. The van der Waals surface area contributed by atoms with E-state index in [9.17, 15) is 18.4 Å². The van der Waals surface area contributed by atoms with E-state index in [-0.39, 0.29) is 6.54 Å². The van der Waals surface area contributed by atoms with Crippen LogP contribution in [0.15, 0.2) is 59.3 Å². The summed E-state index contributed by atoms with van der Waals surface area (Å²) in [5, 5.41) is 6.95. The van der Waals surface area contributed by atoms with Gasteiger partial charge in [0.2, 0.25) is 6.41 Å². The fourth-order valence-electron chi connectivity index (χ4n) is 4.09. The maximum absolute atomic E-state index is 13.5. The lowest BCUT2D eigenvalue weighted by Crippen LogP contribution is -2.47. The number of carbonyl (C=O) groups excluding carboxylic acids is 2. The van der Waals surface area contributed by atoms with Crippen molar-refractivity contribution in [2.75, 3.05) is 25.5 Å². The molecule has 35 heavy (non-hydrogen) atoms. The van der Waals surface area contributed by atoms with Gasteiger partial charge in [0.05, 0.1) is 0 Å². The molecular weight excluding hydrogens is 452 g/mol. The first-order valence-electron chi connectivity index (χ1n) is 11.8.